The van der Waals surface area contributed by atoms with E-state index in [0.717, 1.165) is 0 Å². The third kappa shape index (κ3) is 1.91. The monoisotopic (exact) mass is 156 g/mol. The predicted molar refractivity (Wildman–Crippen MR) is 41.0 cm³/mol. The highest BCUT2D eigenvalue weighted by Crippen LogP contribution is 2.04. The zero-order chi connectivity index (χ0) is 8.27. The first-order valence-electron chi connectivity index (χ1n) is 3.40. The molecule has 0 saturated heterocycles. The quantitative estimate of drug-likeness (QED) is 0.672. The van der Waals surface area contributed by atoms with E-state index in [1.807, 2.05) is 6.92 Å². The Morgan fingerprint density at radius 2 is 2.55 bits per heavy atom. The van der Waals surface area contributed by atoms with E-state index in [-0.39, 0.29) is 6.04 Å². The van der Waals surface area contributed by atoms with E-state index in [9.17, 15) is 0 Å². The predicted octanol–water partition coefficient (Wildman–Crippen LogP) is 0.0677. The van der Waals surface area contributed by atoms with Crippen LogP contribution in [0.2, 0.25) is 0 Å². The summed E-state index contributed by atoms with van der Waals surface area (Å²) < 4.78 is 6.62. The zero-order valence-corrected chi connectivity index (χ0v) is 6.69. The van der Waals surface area contributed by atoms with Crippen LogP contribution in [0, 0.1) is 0 Å². The van der Waals surface area contributed by atoms with Crippen molar-refractivity contribution in [2.24, 2.45) is 0 Å². The van der Waals surface area contributed by atoms with Crippen molar-refractivity contribution < 1.29 is 4.74 Å². The molecule has 62 valence electrons. The topological polar surface area (TPSA) is 66.0 Å². The number of rotatable bonds is 3. The summed E-state index contributed by atoms with van der Waals surface area (Å²) >= 11 is 0. The minimum atomic E-state index is 0.185. The molecule has 0 aliphatic carbocycles. The molecule has 0 spiro atoms. The number of hydrogen-bond acceptors (Lipinski definition) is 4. The minimum Gasteiger partial charge on any atom is -0.382 e. The fraction of sp³-hybridized carbons (Fsp3) is 0.667. The third-order valence-electron chi connectivity index (χ3n) is 1.39. The Bertz CT molecular complexity index is 222. The van der Waals surface area contributed by atoms with E-state index < -0.39 is 0 Å². The highest BCUT2D eigenvalue weighted by Gasteiger charge is 2.04. The van der Waals surface area contributed by atoms with Gasteiger partial charge in [-0.2, -0.15) is 0 Å². The SMILES string of the molecule is COC[C@H](C)n1cc(N)nn1. The molecule has 0 amide bonds. The summed E-state index contributed by atoms with van der Waals surface area (Å²) in [5.74, 6) is 0.438. The number of ether oxygens (including phenoxy) is 1. The van der Waals surface area contributed by atoms with Gasteiger partial charge in [-0.15, -0.1) is 5.10 Å². The Labute approximate surface area is 65.1 Å². The molecule has 0 aliphatic rings. The number of nitrogens with two attached hydrogens (primary N) is 1. The highest BCUT2D eigenvalue weighted by atomic mass is 16.5. The Hall–Kier alpha value is -1.10. The number of nitrogen functional groups attached to an aromatic ring is 1. The first-order chi connectivity index (χ1) is 5.24. The van der Waals surface area contributed by atoms with Crippen LogP contribution in [-0.2, 0) is 4.74 Å². The molecule has 0 radical (unpaired) electrons. The van der Waals surface area contributed by atoms with Crippen molar-refractivity contribution >= 4 is 5.82 Å². The summed E-state index contributed by atoms with van der Waals surface area (Å²) in [5, 5.41) is 7.45. The summed E-state index contributed by atoms with van der Waals surface area (Å²) in [7, 11) is 1.65. The molecule has 0 fully saturated rings. The van der Waals surface area contributed by atoms with Gasteiger partial charge in [-0.25, -0.2) is 4.68 Å². The van der Waals surface area contributed by atoms with Gasteiger partial charge in [0.25, 0.3) is 0 Å². The molecule has 1 aromatic rings. The van der Waals surface area contributed by atoms with Crippen LogP contribution in [0.1, 0.15) is 13.0 Å². The van der Waals surface area contributed by atoms with E-state index in [1.54, 1.807) is 18.0 Å². The lowest BCUT2D eigenvalue weighted by atomic mass is 10.4. The van der Waals surface area contributed by atoms with Crippen LogP contribution in [0.4, 0.5) is 5.82 Å². The van der Waals surface area contributed by atoms with Crippen molar-refractivity contribution in [3.05, 3.63) is 6.20 Å². The lowest BCUT2D eigenvalue weighted by Crippen LogP contribution is -2.11. The molecule has 2 N–H and O–H groups in total. The van der Waals surface area contributed by atoms with Crippen LogP contribution in [0.5, 0.6) is 0 Å². The highest BCUT2D eigenvalue weighted by molar-refractivity contribution is 5.19. The van der Waals surface area contributed by atoms with Crippen LogP contribution in [0.3, 0.4) is 0 Å². The van der Waals surface area contributed by atoms with Crippen molar-refractivity contribution in [1.82, 2.24) is 15.0 Å². The van der Waals surface area contributed by atoms with Gasteiger partial charge in [0.15, 0.2) is 5.82 Å². The summed E-state index contributed by atoms with van der Waals surface area (Å²) in [6, 6.07) is 0.185. The molecule has 5 heteroatoms. The van der Waals surface area contributed by atoms with Gasteiger partial charge in [0.1, 0.15) is 0 Å². The van der Waals surface area contributed by atoms with Crippen LogP contribution in [0.15, 0.2) is 6.20 Å². The average molecular weight is 156 g/mol. The second-order valence-corrected chi connectivity index (χ2v) is 2.43. The number of nitrogens with zero attached hydrogens (tertiary/aromatic N) is 3. The van der Waals surface area contributed by atoms with E-state index in [0.29, 0.717) is 12.4 Å². The number of aromatic nitrogens is 3. The molecule has 0 saturated carbocycles. The Balaban J connectivity index is 2.60. The summed E-state index contributed by atoms with van der Waals surface area (Å²) in [4.78, 5) is 0. The summed E-state index contributed by atoms with van der Waals surface area (Å²) in [5.41, 5.74) is 5.38. The van der Waals surface area contributed by atoms with Crippen LogP contribution < -0.4 is 5.73 Å². The second kappa shape index (κ2) is 3.34. The van der Waals surface area contributed by atoms with Crippen molar-refractivity contribution in [3.8, 4) is 0 Å². The molecule has 0 aliphatic heterocycles. The van der Waals surface area contributed by atoms with Gasteiger partial charge in [0.2, 0.25) is 0 Å². The summed E-state index contributed by atoms with van der Waals surface area (Å²) in [6.45, 7) is 2.60. The average Bonchev–Trinajstić information content (AvgIpc) is 2.36. The molecule has 0 aromatic carbocycles. The van der Waals surface area contributed by atoms with Crippen molar-refractivity contribution in [2.75, 3.05) is 19.5 Å². The Kier molecular flexibility index (Phi) is 2.43. The Morgan fingerprint density at radius 1 is 1.82 bits per heavy atom. The maximum Gasteiger partial charge on any atom is 0.165 e. The van der Waals surface area contributed by atoms with Gasteiger partial charge in [-0.1, -0.05) is 5.21 Å². The second-order valence-electron chi connectivity index (χ2n) is 2.43. The molecular weight excluding hydrogens is 144 g/mol. The minimum absolute atomic E-state index is 0.185. The van der Waals surface area contributed by atoms with Crippen LogP contribution in [0.25, 0.3) is 0 Å². The first kappa shape index (κ1) is 8.00. The molecule has 0 unspecified atom stereocenters. The standard InChI is InChI=1S/C6H12N4O/c1-5(4-11-2)10-3-6(7)8-9-10/h3,5H,4,7H2,1-2H3/t5-/m0/s1. The van der Waals surface area contributed by atoms with Crippen LogP contribution >= 0.6 is 0 Å². The van der Waals surface area contributed by atoms with E-state index in [2.05, 4.69) is 10.3 Å². The normalized spacial score (nSPS) is 13.3. The molecule has 1 aromatic heterocycles. The summed E-state index contributed by atoms with van der Waals surface area (Å²) in [6.07, 6.45) is 1.68. The zero-order valence-electron chi connectivity index (χ0n) is 6.69. The molecule has 5 nitrogen and oxygen atoms in total. The number of hydrogen-bond donors (Lipinski definition) is 1. The van der Waals surface area contributed by atoms with E-state index >= 15 is 0 Å². The smallest absolute Gasteiger partial charge is 0.165 e. The van der Waals surface area contributed by atoms with Crippen LogP contribution in [-0.4, -0.2) is 28.7 Å². The van der Waals surface area contributed by atoms with Crippen molar-refractivity contribution in [1.29, 1.82) is 0 Å². The molecular formula is C6H12N4O. The lowest BCUT2D eigenvalue weighted by molar-refractivity contribution is 0.156. The largest absolute Gasteiger partial charge is 0.382 e. The number of methoxy groups -OCH3 is 1. The molecule has 11 heavy (non-hydrogen) atoms. The molecule has 1 atom stereocenters. The van der Waals surface area contributed by atoms with E-state index in [4.69, 9.17) is 10.5 Å². The molecule has 0 bridgehead atoms. The molecule has 1 rings (SSSR count). The third-order valence-corrected chi connectivity index (χ3v) is 1.39. The van der Waals surface area contributed by atoms with Gasteiger partial charge in [0.05, 0.1) is 18.8 Å². The van der Waals surface area contributed by atoms with Gasteiger partial charge >= 0.3 is 0 Å². The van der Waals surface area contributed by atoms with Gasteiger partial charge < -0.3 is 10.5 Å². The molecule has 1 heterocycles. The fourth-order valence-corrected chi connectivity index (χ4v) is 0.823. The van der Waals surface area contributed by atoms with E-state index in [1.165, 1.54) is 0 Å². The Morgan fingerprint density at radius 3 is 3.00 bits per heavy atom. The van der Waals surface area contributed by atoms with Crippen molar-refractivity contribution in [2.45, 2.75) is 13.0 Å². The van der Waals surface area contributed by atoms with Gasteiger partial charge in [-0.05, 0) is 6.92 Å². The fourth-order valence-electron chi connectivity index (χ4n) is 0.823. The maximum atomic E-state index is 5.38. The first-order valence-corrected chi connectivity index (χ1v) is 3.40. The maximum absolute atomic E-state index is 5.38. The number of anilines is 1. The lowest BCUT2D eigenvalue weighted by Gasteiger charge is -2.08. The van der Waals surface area contributed by atoms with Gasteiger partial charge in [-0.3, -0.25) is 0 Å². The van der Waals surface area contributed by atoms with Gasteiger partial charge in [0, 0.05) is 7.11 Å². The van der Waals surface area contributed by atoms with Crippen molar-refractivity contribution in [3.63, 3.8) is 0 Å².